The number of furan rings is 2. The number of halogens is 1. The average molecular weight is 458 g/mol. The van der Waals surface area contributed by atoms with E-state index >= 15 is 0 Å². The molecule has 0 unspecified atom stereocenters. The number of carbonyl (C=O) groups is 1. The number of aromatic nitrogens is 2. The van der Waals surface area contributed by atoms with Crippen molar-refractivity contribution in [1.82, 2.24) is 9.97 Å². The first-order chi connectivity index (χ1) is 13.7. The molecule has 8 heteroatoms. The number of hydrogen-bond acceptors (Lipinski definition) is 5. The summed E-state index contributed by atoms with van der Waals surface area (Å²) in [5.74, 6) is 1.86. The Balaban J connectivity index is 1.42. The lowest BCUT2D eigenvalue weighted by Gasteiger charge is -2.06. The largest absolute Gasteiger partial charge is 0.463 e. The Morgan fingerprint density at radius 2 is 1.82 bits per heavy atom. The molecule has 0 aliphatic carbocycles. The van der Waals surface area contributed by atoms with Crippen molar-refractivity contribution >= 4 is 39.3 Å². The predicted octanol–water partition coefficient (Wildman–Crippen LogP) is 5.81. The number of para-hydroxylation sites is 1. The molecule has 28 heavy (non-hydrogen) atoms. The zero-order valence-corrected chi connectivity index (χ0v) is 17.0. The fourth-order valence-corrected chi connectivity index (χ4v) is 3.82. The van der Waals surface area contributed by atoms with Crippen LogP contribution in [0.2, 0.25) is 0 Å². The molecule has 3 heterocycles. The van der Waals surface area contributed by atoms with Crippen LogP contribution in [0.1, 0.15) is 6.42 Å². The summed E-state index contributed by atoms with van der Waals surface area (Å²) in [5.41, 5.74) is 2.19. The number of thioether (sulfide) groups is 1. The predicted molar refractivity (Wildman–Crippen MR) is 112 cm³/mol. The van der Waals surface area contributed by atoms with Crippen molar-refractivity contribution in [2.75, 3.05) is 11.1 Å². The minimum atomic E-state index is -0.0523. The Hall–Kier alpha value is -2.71. The van der Waals surface area contributed by atoms with Gasteiger partial charge in [0.2, 0.25) is 5.91 Å². The smallest absolute Gasteiger partial charge is 0.225 e. The lowest BCUT2D eigenvalue weighted by Crippen LogP contribution is -2.12. The van der Waals surface area contributed by atoms with Gasteiger partial charge in [-0.1, -0.05) is 23.9 Å². The minimum Gasteiger partial charge on any atom is -0.463 e. The molecule has 0 fully saturated rings. The molecular weight excluding hydrogens is 442 g/mol. The first-order valence-electron chi connectivity index (χ1n) is 8.55. The number of imidazole rings is 1. The van der Waals surface area contributed by atoms with E-state index in [4.69, 9.17) is 8.83 Å². The summed E-state index contributed by atoms with van der Waals surface area (Å²) in [6, 6.07) is 14.9. The molecule has 1 amide bonds. The zero-order chi connectivity index (χ0) is 19.3. The molecular formula is C20H16BrN3O3S. The van der Waals surface area contributed by atoms with Crippen LogP contribution >= 0.6 is 27.7 Å². The van der Waals surface area contributed by atoms with Gasteiger partial charge in [0.1, 0.15) is 11.4 Å². The summed E-state index contributed by atoms with van der Waals surface area (Å²) in [6.45, 7) is 0. The third kappa shape index (κ3) is 4.23. The van der Waals surface area contributed by atoms with Gasteiger partial charge in [-0.25, -0.2) is 4.98 Å². The van der Waals surface area contributed by atoms with E-state index < -0.39 is 0 Å². The Morgan fingerprint density at radius 3 is 2.54 bits per heavy atom. The van der Waals surface area contributed by atoms with Crippen LogP contribution in [0, 0.1) is 0 Å². The molecule has 0 aliphatic heterocycles. The number of hydrogen-bond donors (Lipinski definition) is 2. The molecule has 142 valence electrons. The Bertz CT molecular complexity index is 1010. The molecule has 2 N–H and O–H groups in total. The van der Waals surface area contributed by atoms with Gasteiger partial charge < -0.3 is 19.1 Å². The van der Waals surface area contributed by atoms with Gasteiger partial charge in [-0.3, -0.25) is 4.79 Å². The van der Waals surface area contributed by atoms with Crippen molar-refractivity contribution in [3.63, 3.8) is 0 Å². The summed E-state index contributed by atoms with van der Waals surface area (Å²) in [6.07, 6.45) is 3.58. The lowest BCUT2D eigenvalue weighted by molar-refractivity contribution is -0.115. The van der Waals surface area contributed by atoms with E-state index in [1.54, 1.807) is 12.5 Å². The minimum absolute atomic E-state index is 0.0523. The fourth-order valence-electron chi connectivity index (χ4n) is 2.63. The van der Waals surface area contributed by atoms with Gasteiger partial charge >= 0.3 is 0 Å². The molecule has 4 aromatic rings. The highest BCUT2D eigenvalue weighted by atomic mass is 79.9. The first kappa shape index (κ1) is 18.6. The molecule has 6 nitrogen and oxygen atoms in total. The molecule has 0 spiro atoms. The van der Waals surface area contributed by atoms with Crippen molar-refractivity contribution in [2.24, 2.45) is 0 Å². The number of rotatable bonds is 7. The summed E-state index contributed by atoms with van der Waals surface area (Å²) in [4.78, 5) is 20.1. The van der Waals surface area contributed by atoms with E-state index in [-0.39, 0.29) is 5.91 Å². The topological polar surface area (TPSA) is 84.1 Å². The maximum atomic E-state index is 12.2. The van der Waals surface area contributed by atoms with Gasteiger partial charge in [0.25, 0.3) is 0 Å². The maximum Gasteiger partial charge on any atom is 0.225 e. The number of amides is 1. The number of nitrogens with one attached hydrogen (secondary N) is 2. The Labute approximate surface area is 173 Å². The van der Waals surface area contributed by atoms with Gasteiger partial charge in [-0.15, -0.1) is 0 Å². The number of H-pyrrole nitrogens is 1. The highest BCUT2D eigenvalue weighted by Crippen LogP contribution is 2.33. The van der Waals surface area contributed by atoms with Crippen molar-refractivity contribution < 1.29 is 13.6 Å². The standard InChI is InChI=1S/C20H16BrN3O3S/c21-13-5-1-2-6-14(13)22-17(25)9-12-28-20-23-18(15-7-3-10-26-15)19(24-20)16-8-4-11-27-16/h1-8,10-11H,9,12H2,(H,22,25)(H,23,24). The third-order valence-electron chi connectivity index (χ3n) is 3.92. The Morgan fingerprint density at radius 1 is 1.07 bits per heavy atom. The van der Waals surface area contributed by atoms with Crippen molar-refractivity contribution in [2.45, 2.75) is 11.6 Å². The molecule has 0 aliphatic rings. The molecule has 0 saturated heterocycles. The second-order valence-electron chi connectivity index (χ2n) is 5.85. The van der Waals surface area contributed by atoms with Crippen LogP contribution < -0.4 is 5.32 Å². The molecule has 0 saturated carbocycles. The SMILES string of the molecule is O=C(CCSc1nc(-c2ccco2)c(-c2ccco2)[nH]1)Nc1ccccc1Br. The zero-order valence-electron chi connectivity index (χ0n) is 14.6. The van der Waals surface area contributed by atoms with Crippen LogP contribution in [0.3, 0.4) is 0 Å². The van der Waals surface area contributed by atoms with Crippen LogP contribution in [0.5, 0.6) is 0 Å². The van der Waals surface area contributed by atoms with Gasteiger partial charge in [-0.2, -0.15) is 0 Å². The normalized spacial score (nSPS) is 10.9. The molecule has 1 aromatic carbocycles. The average Bonchev–Trinajstić information content (AvgIpc) is 3.44. The number of benzene rings is 1. The summed E-state index contributed by atoms with van der Waals surface area (Å²) < 4.78 is 11.8. The van der Waals surface area contributed by atoms with E-state index in [1.165, 1.54) is 11.8 Å². The number of carbonyl (C=O) groups excluding carboxylic acids is 1. The van der Waals surface area contributed by atoms with Crippen LogP contribution in [-0.4, -0.2) is 21.6 Å². The van der Waals surface area contributed by atoms with E-state index in [0.29, 0.717) is 34.5 Å². The summed E-state index contributed by atoms with van der Waals surface area (Å²) >= 11 is 4.90. The molecule has 0 radical (unpaired) electrons. The van der Waals surface area contributed by atoms with E-state index in [9.17, 15) is 4.79 Å². The van der Waals surface area contributed by atoms with E-state index in [0.717, 1.165) is 15.9 Å². The fraction of sp³-hybridized carbons (Fsp3) is 0.100. The number of aromatic amines is 1. The van der Waals surface area contributed by atoms with Crippen molar-refractivity contribution in [3.05, 3.63) is 65.5 Å². The highest BCUT2D eigenvalue weighted by molar-refractivity contribution is 9.10. The first-order valence-corrected chi connectivity index (χ1v) is 10.3. The van der Waals surface area contributed by atoms with E-state index in [1.807, 2.05) is 48.5 Å². The highest BCUT2D eigenvalue weighted by Gasteiger charge is 2.18. The second-order valence-corrected chi connectivity index (χ2v) is 7.78. The molecule has 0 atom stereocenters. The lowest BCUT2D eigenvalue weighted by atomic mass is 10.2. The summed E-state index contributed by atoms with van der Waals surface area (Å²) in [5, 5.41) is 3.60. The van der Waals surface area contributed by atoms with Gasteiger partial charge in [0.05, 0.1) is 18.2 Å². The van der Waals surface area contributed by atoms with E-state index in [2.05, 4.69) is 31.2 Å². The van der Waals surface area contributed by atoms with Crippen molar-refractivity contribution in [1.29, 1.82) is 0 Å². The molecule has 4 rings (SSSR count). The van der Waals surface area contributed by atoms with Gasteiger partial charge in [0, 0.05) is 16.6 Å². The Kier molecular flexibility index (Phi) is 5.68. The summed E-state index contributed by atoms with van der Waals surface area (Å²) in [7, 11) is 0. The second kappa shape index (κ2) is 8.53. The van der Waals surface area contributed by atoms with Crippen LogP contribution in [0.25, 0.3) is 22.9 Å². The van der Waals surface area contributed by atoms with Crippen molar-refractivity contribution in [3.8, 4) is 22.9 Å². The van der Waals surface area contributed by atoms with Crippen LogP contribution in [0.15, 0.2) is 79.5 Å². The molecule has 0 bridgehead atoms. The van der Waals surface area contributed by atoms with Gasteiger partial charge in [-0.05, 0) is 52.3 Å². The quantitative estimate of drug-likeness (QED) is 0.342. The number of nitrogens with zero attached hydrogens (tertiary/aromatic N) is 1. The van der Waals surface area contributed by atoms with Gasteiger partial charge in [0.15, 0.2) is 16.7 Å². The molecule has 3 aromatic heterocycles. The van der Waals surface area contributed by atoms with Crippen LogP contribution in [0.4, 0.5) is 5.69 Å². The third-order valence-corrected chi connectivity index (χ3v) is 5.49. The number of anilines is 1. The maximum absolute atomic E-state index is 12.2. The monoisotopic (exact) mass is 457 g/mol. The van der Waals surface area contributed by atoms with Crippen LogP contribution in [-0.2, 0) is 4.79 Å².